The van der Waals surface area contributed by atoms with E-state index in [1.807, 2.05) is 27.7 Å². The van der Waals surface area contributed by atoms with Gasteiger partial charge in [0.2, 0.25) is 0 Å². The van der Waals surface area contributed by atoms with Gasteiger partial charge in [-0.15, -0.1) is 0 Å². The van der Waals surface area contributed by atoms with Crippen LogP contribution in [0.2, 0.25) is 0 Å². The molecule has 14 heavy (non-hydrogen) atoms. The van der Waals surface area contributed by atoms with Gasteiger partial charge in [-0.3, -0.25) is 0 Å². The van der Waals surface area contributed by atoms with E-state index in [1.165, 1.54) is 13.0 Å². The van der Waals surface area contributed by atoms with Crippen LogP contribution in [-0.4, -0.2) is 6.18 Å². The van der Waals surface area contributed by atoms with Gasteiger partial charge in [-0.05, 0) is 19.4 Å². The smallest absolute Gasteiger partial charge is 0.166 e. The van der Waals surface area contributed by atoms with Gasteiger partial charge in [0.15, 0.2) is 0 Å². The molecule has 0 rings (SSSR count). The molecule has 0 aromatic rings. The Morgan fingerprint density at radius 2 is 1.36 bits per heavy atom. The summed E-state index contributed by atoms with van der Waals surface area (Å²) in [7, 11) is 0. The second-order valence-corrected chi connectivity index (χ2v) is 1.95. The highest BCUT2D eigenvalue weighted by Gasteiger charge is 2.32. The van der Waals surface area contributed by atoms with E-state index in [0.717, 1.165) is 0 Å². The quantitative estimate of drug-likeness (QED) is 0.527. The summed E-state index contributed by atoms with van der Waals surface area (Å²) >= 11 is 0. The van der Waals surface area contributed by atoms with Crippen molar-refractivity contribution in [2.45, 2.75) is 47.7 Å². The SMILES string of the molecule is C=C(/C(C)=C\C)C(F)(F)F.CC.CC. The van der Waals surface area contributed by atoms with E-state index in [2.05, 4.69) is 6.58 Å². The molecule has 0 saturated heterocycles. The lowest BCUT2D eigenvalue weighted by Crippen LogP contribution is -2.11. The molecular formula is C11H21F3. The minimum Gasteiger partial charge on any atom is -0.166 e. The standard InChI is InChI=1S/C7H9F3.2C2H6/c1-4-5(2)6(3)7(8,9)10;2*1-2/h4H,3H2,1-2H3;2*1-2H3/b5-4-;;. The predicted octanol–water partition coefficient (Wildman–Crippen LogP) is 5.12. The highest BCUT2D eigenvalue weighted by atomic mass is 19.4. The van der Waals surface area contributed by atoms with Crippen LogP contribution in [0.1, 0.15) is 41.5 Å². The summed E-state index contributed by atoms with van der Waals surface area (Å²) in [6.45, 7) is 13.8. The van der Waals surface area contributed by atoms with Crippen molar-refractivity contribution in [3.05, 3.63) is 23.8 Å². The van der Waals surface area contributed by atoms with Crippen molar-refractivity contribution in [3.8, 4) is 0 Å². The molecule has 0 radical (unpaired) electrons. The van der Waals surface area contributed by atoms with Crippen LogP contribution in [0.25, 0.3) is 0 Å². The molecule has 0 heterocycles. The zero-order valence-corrected chi connectivity index (χ0v) is 9.92. The lowest BCUT2D eigenvalue weighted by Gasteiger charge is -2.08. The van der Waals surface area contributed by atoms with Crippen LogP contribution in [0.5, 0.6) is 0 Å². The molecule has 0 bridgehead atoms. The average Bonchev–Trinajstić information content (AvgIpc) is 2.20. The first-order valence-electron chi connectivity index (χ1n) is 4.79. The van der Waals surface area contributed by atoms with E-state index in [0.29, 0.717) is 0 Å². The molecule has 0 aliphatic heterocycles. The van der Waals surface area contributed by atoms with Crippen LogP contribution in [0.4, 0.5) is 13.2 Å². The molecule has 0 aliphatic carbocycles. The maximum absolute atomic E-state index is 11.7. The van der Waals surface area contributed by atoms with Crippen LogP contribution >= 0.6 is 0 Å². The fraction of sp³-hybridized carbons (Fsp3) is 0.636. The predicted molar refractivity (Wildman–Crippen MR) is 57.3 cm³/mol. The number of hydrogen-bond donors (Lipinski definition) is 0. The first-order valence-corrected chi connectivity index (χ1v) is 4.79. The molecule has 0 fully saturated rings. The Bertz CT molecular complexity index is 164. The molecule has 0 saturated carbocycles. The zero-order valence-electron chi connectivity index (χ0n) is 9.92. The summed E-state index contributed by atoms with van der Waals surface area (Å²) in [5.74, 6) is 0. The van der Waals surface area contributed by atoms with Gasteiger partial charge in [-0.1, -0.05) is 40.3 Å². The number of rotatable bonds is 1. The van der Waals surface area contributed by atoms with Crippen molar-refractivity contribution in [2.24, 2.45) is 0 Å². The van der Waals surface area contributed by atoms with E-state index < -0.39 is 11.7 Å². The van der Waals surface area contributed by atoms with Crippen molar-refractivity contribution in [2.75, 3.05) is 0 Å². The van der Waals surface area contributed by atoms with Crippen LogP contribution < -0.4 is 0 Å². The maximum Gasteiger partial charge on any atom is 0.416 e. The van der Waals surface area contributed by atoms with Gasteiger partial charge in [0.1, 0.15) is 0 Å². The van der Waals surface area contributed by atoms with Crippen molar-refractivity contribution < 1.29 is 13.2 Å². The Morgan fingerprint density at radius 1 is 1.07 bits per heavy atom. The molecule has 0 atom stereocenters. The first-order chi connectivity index (χ1) is 6.39. The summed E-state index contributed by atoms with van der Waals surface area (Å²) in [6.07, 6.45) is -2.90. The van der Waals surface area contributed by atoms with Gasteiger partial charge >= 0.3 is 6.18 Å². The average molecular weight is 210 g/mol. The Hall–Kier alpha value is -0.730. The van der Waals surface area contributed by atoms with Crippen LogP contribution in [-0.2, 0) is 0 Å². The third-order valence-electron chi connectivity index (χ3n) is 1.25. The Balaban J connectivity index is -0.000000266. The fourth-order valence-electron chi connectivity index (χ4n) is 0.398. The Labute approximate surface area is 85.5 Å². The summed E-state index contributed by atoms with van der Waals surface area (Å²) in [5, 5.41) is 0. The van der Waals surface area contributed by atoms with Gasteiger partial charge in [0.25, 0.3) is 0 Å². The largest absolute Gasteiger partial charge is 0.416 e. The number of hydrogen-bond acceptors (Lipinski definition) is 0. The lowest BCUT2D eigenvalue weighted by molar-refractivity contribution is -0.0889. The van der Waals surface area contributed by atoms with Crippen molar-refractivity contribution >= 4 is 0 Å². The molecule has 0 spiro atoms. The Kier molecular flexibility index (Phi) is 14.0. The normalized spacial score (nSPS) is 10.5. The molecular weight excluding hydrogens is 189 g/mol. The second-order valence-electron chi connectivity index (χ2n) is 1.95. The number of halogens is 3. The van der Waals surface area contributed by atoms with Gasteiger partial charge < -0.3 is 0 Å². The van der Waals surface area contributed by atoms with Gasteiger partial charge in [0.05, 0.1) is 5.57 Å². The molecule has 0 aromatic heterocycles. The number of alkyl halides is 3. The topological polar surface area (TPSA) is 0 Å². The zero-order chi connectivity index (χ0) is 12.4. The van der Waals surface area contributed by atoms with E-state index in [4.69, 9.17) is 0 Å². The van der Waals surface area contributed by atoms with Crippen LogP contribution in [0.15, 0.2) is 23.8 Å². The summed E-state index contributed by atoms with van der Waals surface area (Å²) in [5.41, 5.74) is -0.595. The minimum atomic E-state index is -4.28. The van der Waals surface area contributed by atoms with Crippen LogP contribution in [0, 0.1) is 0 Å². The molecule has 0 aliphatic rings. The minimum absolute atomic E-state index is 0.174. The molecule has 86 valence electrons. The monoisotopic (exact) mass is 210 g/mol. The highest BCUT2D eigenvalue weighted by molar-refractivity contribution is 5.29. The highest BCUT2D eigenvalue weighted by Crippen LogP contribution is 2.28. The molecule has 3 heteroatoms. The molecule has 0 aromatic carbocycles. The second kappa shape index (κ2) is 10.4. The summed E-state index contributed by atoms with van der Waals surface area (Å²) in [6, 6.07) is 0. The van der Waals surface area contributed by atoms with Crippen molar-refractivity contribution in [3.63, 3.8) is 0 Å². The van der Waals surface area contributed by atoms with E-state index >= 15 is 0 Å². The lowest BCUT2D eigenvalue weighted by atomic mass is 10.1. The van der Waals surface area contributed by atoms with E-state index in [9.17, 15) is 13.2 Å². The van der Waals surface area contributed by atoms with Crippen molar-refractivity contribution in [1.82, 2.24) is 0 Å². The fourth-order valence-corrected chi connectivity index (χ4v) is 0.398. The molecule has 0 amide bonds. The van der Waals surface area contributed by atoms with E-state index in [-0.39, 0.29) is 5.57 Å². The van der Waals surface area contributed by atoms with Crippen molar-refractivity contribution in [1.29, 1.82) is 0 Å². The van der Waals surface area contributed by atoms with Crippen LogP contribution in [0.3, 0.4) is 0 Å². The summed E-state index contributed by atoms with van der Waals surface area (Å²) in [4.78, 5) is 0. The molecule has 0 nitrogen and oxygen atoms in total. The molecule has 0 N–H and O–H groups in total. The summed E-state index contributed by atoms with van der Waals surface area (Å²) < 4.78 is 35.2. The van der Waals surface area contributed by atoms with Gasteiger partial charge in [-0.2, -0.15) is 13.2 Å². The van der Waals surface area contributed by atoms with Gasteiger partial charge in [0, 0.05) is 0 Å². The number of allylic oxidation sites excluding steroid dienone is 3. The van der Waals surface area contributed by atoms with E-state index in [1.54, 1.807) is 6.92 Å². The third kappa shape index (κ3) is 9.36. The maximum atomic E-state index is 11.7. The Morgan fingerprint density at radius 3 is 1.43 bits per heavy atom. The molecule has 0 unspecified atom stereocenters. The van der Waals surface area contributed by atoms with Gasteiger partial charge in [-0.25, -0.2) is 0 Å². The first kappa shape index (κ1) is 18.9. The third-order valence-corrected chi connectivity index (χ3v) is 1.25.